The number of likely N-dealkylation sites (tertiary alicyclic amines) is 1. The van der Waals surface area contributed by atoms with E-state index < -0.39 is 5.97 Å². The van der Waals surface area contributed by atoms with Crippen molar-refractivity contribution in [2.75, 3.05) is 13.1 Å². The van der Waals surface area contributed by atoms with Gasteiger partial charge in [0, 0.05) is 33.5 Å². The summed E-state index contributed by atoms with van der Waals surface area (Å²) < 4.78 is 0. The fourth-order valence-electron chi connectivity index (χ4n) is 3.82. The number of benzene rings is 1. The van der Waals surface area contributed by atoms with E-state index in [1.165, 1.54) is 0 Å². The first-order valence-corrected chi connectivity index (χ1v) is 9.47. The summed E-state index contributed by atoms with van der Waals surface area (Å²) in [6.45, 7) is 1.72. The van der Waals surface area contributed by atoms with Crippen molar-refractivity contribution in [2.24, 2.45) is 4.99 Å². The number of fused-ring (bicyclic) bond motifs is 1. The average molecular weight is 390 g/mol. The maximum absolute atomic E-state index is 12.4. The van der Waals surface area contributed by atoms with Gasteiger partial charge < -0.3 is 10.0 Å². The first-order chi connectivity index (χ1) is 12.5. The largest absolute Gasteiger partial charge is 0.561 e. The lowest BCUT2D eigenvalue weighted by Crippen LogP contribution is -2.37. The molecule has 2 N–H and O–H groups in total. The molecule has 2 heterocycles. The standard InChI is InChI=1S/C20H18Cl2N2O2/c21-13-5-3-4-12(10-13)17-15-11-14(22)6-7-16(15)23-19(18(17)20(25)26)24-8-1-2-9-24/h3-6,10-11,16H,1-2,7-9H2,(H,25,26)/p+1. The molecule has 0 radical (unpaired) electrons. The monoisotopic (exact) mass is 389 g/mol. The Hall–Kier alpha value is -2.04. The SMILES string of the molecule is O=C([OH2+])C1=C(c2cccc(Cl)c2)C2=CC(Cl)=CCC2N=C1N1CCCC1. The van der Waals surface area contributed by atoms with E-state index in [9.17, 15) is 4.79 Å². The molecule has 0 saturated carbocycles. The molecule has 4 nitrogen and oxygen atoms in total. The van der Waals surface area contributed by atoms with E-state index in [-0.39, 0.29) is 6.04 Å². The molecular weight excluding hydrogens is 371 g/mol. The fourth-order valence-corrected chi connectivity index (χ4v) is 4.22. The summed E-state index contributed by atoms with van der Waals surface area (Å²) >= 11 is 12.5. The highest BCUT2D eigenvalue weighted by Crippen LogP contribution is 2.40. The Kier molecular flexibility index (Phi) is 4.63. The third-order valence-electron chi connectivity index (χ3n) is 4.97. The Morgan fingerprint density at radius 2 is 2.00 bits per heavy atom. The van der Waals surface area contributed by atoms with Gasteiger partial charge in [0.1, 0.15) is 5.84 Å². The number of hydrogen-bond donors (Lipinski definition) is 0. The second-order valence-electron chi connectivity index (χ2n) is 6.68. The van der Waals surface area contributed by atoms with Crippen LogP contribution >= 0.6 is 23.2 Å². The molecule has 1 unspecified atom stereocenters. The number of dihydropyridines is 1. The molecule has 134 valence electrons. The summed E-state index contributed by atoms with van der Waals surface area (Å²) in [6, 6.07) is 7.31. The van der Waals surface area contributed by atoms with Crippen LogP contribution in [0.3, 0.4) is 0 Å². The molecule has 1 fully saturated rings. The molecule has 0 spiro atoms. The van der Waals surface area contributed by atoms with Gasteiger partial charge in [0.2, 0.25) is 0 Å². The van der Waals surface area contributed by atoms with Crippen LogP contribution in [0, 0.1) is 0 Å². The molecule has 0 bridgehead atoms. The number of aliphatic imine (C=N–C) groups is 1. The number of nitrogens with zero attached hydrogens (tertiary/aromatic N) is 2. The van der Waals surface area contributed by atoms with E-state index >= 15 is 0 Å². The van der Waals surface area contributed by atoms with Gasteiger partial charge in [0.25, 0.3) is 0 Å². The molecule has 3 aliphatic rings. The Labute approximate surface area is 162 Å². The van der Waals surface area contributed by atoms with Gasteiger partial charge in [-0.05, 0) is 48.6 Å². The molecule has 4 rings (SSSR count). The van der Waals surface area contributed by atoms with Crippen molar-refractivity contribution in [3.05, 3.63) is 63.2 Å². The maximum Gasteiger partial charge on any atom is 0.553 e. The van der Waals surface area contributed by atoms with Crippen LogP contribution in [0.5, 0.6) is 0 Å². The summed E-state index contributed by atoms with van der Waals surface area (Å²) in [5.41, 5.74) is 2.80. The van der Waals surface area contributed by atoms with Crippen LogP contribution < -0.4 is 0 Å². The summed E-state index contributed by atoms with van der Waals surface area (Å²) in [5, 5.41) is 9.17. The van der Waals surface area contributed by atoms with E-state index in [4.69, 9.17) is 33.3 Å². The molecule has 6 heteroatoms. The molecule has 1 aromatic rings. The van der Waals surface area contributed by atoms with Crippen molar-refractivity contribution in [1.82, 2.24) is 4.90 Å². The van der Waals surface area contributed by atoms with Gasteiger partial charge in [-0.2, -0.15) is 0 Å². The van der Waals surface area contributed by atoms with E-state index in [2.05, 4.69) is 4.90 Å². The van der Waals surface area contributed by atoms with Crippen molar-refractivity contribution in [1.29, 1.82) is 0 Å². The van der Waals surface area contributed by atoms with Crippen molar-refractivity contribution >= 4 is 40.6 Å². The lowest BCUT2D eigenvalue weighted by atomic mass is 9.82. The van der Waals surface area contributed by atoms with Crippen molar-refractivity contribution in [3.8, 4) is 0 Å². The third-order valence-corrected chi connectivity index (χ3v) is 5.47. The summed E-state index contributed by atoms with van der Waals surface area (Å²) in [7, 11) is 0. The zero-order chi connectivity index (χ0) is 18.3. The Balaban J connectivity index is 1.96. The maximum atomic E-state index is 12.4. The van der Waals surface area contributed by atoms with Gasteiger partial charge in [0.05, 0.1) is 6.04 Å². The van der Waals surface area contributed by atoms with Gasteiger partial charge in [-0.3, -0.25) is 4.99 Å². The number of carbonyl (C=O) groups excluding carboxylic acids is 1. The fraction of sp³-hybridized carbons (Fsp3) is 0.300. The normalized spacial score (nSPS) is 22.6. The number of allylic oxidation sites excluding steroid dienone is 2. The molecule has 0 amide bonds. The molecule has 2 aliphatic heterocycles. The lowest BCUT2D eigenvalue weighted by molar-refractivity contribution is -0.132. The smallest absolute Gasteiger partial charge is 0.553 e. The highest BCUT2D eigenvalue weighted by molar-refractivity contribution is 6.32. The molecule has 1 atom stereocenters. The minimum Gasteiger partial charge on any atom is -0.561 e. The summed E-state index contributed by atoms with van der Waals surface area (Å²) in [5.74, 6) is -0.0818. The zero-order valence-corrected chi connectivity index (χ0v) is 15.6. The number of halogens is 2. The quantitative estimate of drug-likeness (QED) is 0.724. The van der Waals surface area contributed by atoms with Crippen molar-refractivity contribution in [3.63, 3.8) is 0 Å². The van der Waals surface area contributed by atoms with Crippen molar-refractivity contribution < 1.29 is 9.90 Å². The van der Waals surface area contributed by atoms with Gasteiger partial charge in [-0.25, -0.2) is 0 Å². The van der Waals surface area contributed by atoms with E-state index in [0.29, 0.717) is 27.9 Å². The van der Waals surface area contributed by atoms with Crippen LogP contribution in [0.25, 0.3) is 5.57 Å². The van der Waals surface area contributed by atoms with Crippen LogP contribution in [0.2, 0.25) is 5.02 Å². The second-order valence-corrected chi connectivity index (χ2v) is 7.55. The van der Waals surface area contributed by atoms with Gasteiger partial charge in [0.15, 0.2) is 5.57 Å². The molecule has 0 aromatic heterocycles. The summed E-state index contributed by atoms with van der Waals surface area (Å²) in [6.07, 6.45) is 6.64. The van der Waals surface area contributed by atoms with Crippen LogP contribution in [0.1, 0.15) is 24.8 Å². The van der Waals surface area contributed by atoms with Gasteiger partial charge >= 0.3 is 5.97 Å². The molecule has 1 aromatic carbocycles. The van der Waals surface area contributed by atoms with Crippen LogP contribution in [-0.2, 0) is 4.79 Å². The van der Waals surface area contributed by atoms with E-state index in [1.807, 2.05) is 30.4 Å². The van der Waals surface area contributed by atoms with Crippen molar-refractivity contribution in [2.45, 2.75) is 25.3 Å². The Bertz CT molecular complexity index is 893. The van der Waals surface area contributed by atoms with Crippen LogP contribution in [0.15, 0.2) is 57.6 Å². The Morgan fingerprint density at radius 3 is 2.69 bits per heavy atom. The topological polar surface area (TPSA) is 55.6 Å². The number of carbonyl (C=O) groups is 1. The number of rotatable bonds is 2. The minimum absolute atomic E-state index is 0.0924. The molecule has 1 saturated heterocycles. The molecular formula is C20H19Cl2N2O2+. The average Bonchev–Trinajstić information content (AvgIpc) is 3.14. The highest BCUT2D eigenvalue weighted by atomic mass is 35.5. The van der Waals surface area contributed by atoms with E-state index in [0.717, 1.165) is 42.6 Å². The second kappa shape index (κ2) is 6.93. The highest BCUT2D eigenvalue weighted by Gasteiger charge is 2.39. The van der Waals surface area contributed by atoms with E-state index in [1.54, 1.807) is 6.07 Å². The predicted octanol–water partition coefficient (Wildman–Crippen LogP) is 3.67. The third kappa shape index (κ3) is 3.08. The number of amidine groups is 1. The lowest BCUT2D eigenvalue weighted by Gasteiger charge is -2.31. The number of hydrogen-bond acceptors (Lipinski definition) is 3. The first-order valence-electron chi connectivity index (χ1n) is 8.71. The minimum atomic E-state index is -0.726. The molecule has 26 heavy (non-hydrogen) atoms. The van der Waals surface area contributed by atoms with Crippen LogP contribution in [-0.4, -0.2) is 40.9 Å². The zero-order valence-electron chi connectivity index (χ0n) is 14.1. The first kappa shape index (κ1) is 17.4. The summed E-state index contributed by atoms with van der Waals surface area (Å²) in [4.78, 5) is 19.4. The van der Waals surface area contributed by atoms with Crippen LogP contribution in [0.4, 0.5) is 0 Å². The van der Waals surface area contributed by atoms with Gasteiger partial charge in [-0.1, -0.05) is 41.4 Å². The van der Waals surface area contributed by atoms with Gasteiger partial charge in [-0.15, -0.1) is 0 Å². The molecule has 1 aliphatic carbocycles. The Morgan fingerprint density at radius 1 is 1.23 bits per heavy atom. The predicted molar refractivity (Wildman–Crippen MR) is 106 cm³/mol.